The lowest BCUT2D eigenvalue weighted by Crippen LogP contribution is -2.49. The number of benzene rings is 2. The fourth-order valence-electron chi connectivity index (χ4n) is 4.40. The maximum Gasteiger partial charge on any atom is 0.287 e. The highest BCUT2D eigenvalue weighted by atomic mass is 16.3. The van der Waals surface area contributed by atoms with Gasteiger partial charge in [-0.1, -0.05) is 60.4 Å². The Balaban J connectivity index is 1.67. The molecule has 4 rings (SSSR count). The first-order chi connectivity index (χ1) is 16.9. The fourth-order valence-corrected chi connectivity index (χ4v) is 4.40. The van der Waals surface area contributed by atoms with Gasteiger partial charge in [-0.2, -0.15) is 0 Å². The number of furan rings is 1. The van der Waals surface area contributed by atoms with Crippen LogP contribution in [0.3, 0.4) is 0 Å². The molecule has 1 saturated carbocycles. The van der Waals surface area contributed by atoms with E-state index in [9.17, 15) is 14.4 Å². The molecule has 2 aromatic carbocycles. The predicted molar refractivity (Wildman–Crippen MR) is 134 cm³/mol. The third kappa shape index (κ3) is 5.98. The van der Waals surface area contributed by atoms with Crippen LogP contribution in [-0.4, -0.2) is 30.3 Å². The zero-order valence-electron chi connectivity index (χ0n) is 20.1. The predicted octanol–water partition coefficient (Wildman–Crippen LogP) is 4.46. The van der Waals surface area contributed by atoms with Gasteiger partial charge in [-0.3, -0.25) is 19.3 Å². The largest absolute Gasteiger partial charge is 0.459 e. The van der Waals surface area contributed by atoms with E-state index in [2.05, 4.69) is 10.6 Å². The van der Waals surface area contributed by atoms with Crippen LogP contribution in [0.15, 0.2) is 71.3 Å². The van der Waals surface area contributed by atoms with Crippen LogP contribution < -0.4 is 15.5 Å². The molecule has 3 amide bonds. The zero-order valence-corrected chi connectivity index (χ0v) is 20.1. The molecule has 0 radical (unpaired) electrons. The van der Waals surface area contributed by atoms with Crippen molar-refractivity contribution in [3.05, 3.63) is 89.4 Å². The van der Waals surface area contributed by atoms with Crippen molar-refractivity contribution < 1.29 is 18.8 Å². The van der Waals surface area contributed by atoms with Crippen molar-refractivity contribution >= 4 is 23.4 Å². The molecule has 3 aromatic rings. The van der Waals surface area contributed by atoms with Gasteiger partial charge < -0.3 is 15.1 Å². The SMILES string of the molecule is Cc1ccc(C(C(=O)NC2CCCC2)N(C(=O)CNC(=O)c2ccco2)c2ccc(C)cc2)cc1. The first-order valence-electron chi connectivity index (χ1n) is 12.0. The van der Waals surface area contributed by atoms with Gasteiger partial charge in [0, 0.05) is 11.7 Å². The standard InChI is InChI=1S/C28H31N3O4/c1-19-9-13-21(14-10-19)26(28(34)30-22-6-3-4-7-22)31(23-15-11-20(2)12-16-23)25(32)18-29-27(33)24-8-5-17-35-24/h5,8-17,22,26H,3-4,6-7,18H2,1-2H3,(H,29,33)(H,30,34). The second kappa shape index (κ2) is 11.0. The molecule has 2 N–H and O–H groups in total. The zero-order chi connectivity index (χ0) is 24.8. The number of rotatable bonds is 8. The van der Waals surface area contributed by atoms with Gasteiger partial charge >= 0.3 is 0 Å². The van der Waals surface area contributed by atoms with Crippen molar-refractivity contribution in [1.82, 2.24) is 10.6 Å². The van der Waals surface area contributed by atoms with Crippen molar-refractivity contribution in [2.24, 2.45) is 0 Å². The first-order valence-corrected chi connectivity index (χ1v) is 12.0. The van der Waals surface area contributed by atoms with Crippen molar-refractivity contribution in [1.29, 1.82) is 0 Å². The maximum atomic E-state index is 13.7. The van der Waals surface area contributed by atoms with E-state index in [0.29, 0.717) is 11.3 Å². The lowest BCUT2D eigenvalue weighted by atomic mass is 10.0. The highest BCUT2D eigenvalue weighted by Gasteiger charge is 2.34. The summed E-state index contributed by atoms with van der Waals surface area (Å²) >= 11 is 0. The number of nitrogens with one attached hydrogen (secondary N) is 2. The summed E-state index contributed by atoms with van der Waals surface area (Å²) in [6.07, 6.45) is 5.43. The highest BCUT2D eigenvalue weighted by molar-refractivity contribution is 6.04. The van der Waals surface area contributed by atoms with Crippen molar-refractivity contribution in [3.8, 4) is 0 Å². The van der Waals surface area contributed by atoms with Crippen LogP contribution in [0.5, 0.6) is 0 Å². The molecule has 182 valence electrons. The number of anilines is 1. The molecule has 0 aliphatic heterocycles. The molecule has 1 fully saturated rings. The van der Waals surface area contributed by atoms with E-state index < -0.39 is 17.9 Å². The van der Waals surface area contributed by atoms with Crippen LogP contribution in [0, 0.1) is 13.8 Å². The average Bonchev–Trinajstić information content (AvgIpc) is 3.57. The molecule has 7 heteroatoms. The van der Waals surface area contributed by atoms with E-state index in [1.54, 1.807) is 6.07 Å². The Morgan fingerprint density at radius 2 is 1.57 bits per heavy atom. The van der Waals surface area contributed by atoms with Gasteiger partial charge in [0.25, 0.3) is 5.91 Å². The lowest BCUT2D eigenvalue weighted by Gasteiger charge is -2.32. The van der Waals surface area contributed by atoms with Crippen molar-refractivity contribution in [2.45, 2.75) is 51.6 Å². The Bertz CT molecular complexity index is 1150. The average molecular weight is 474 g/mol. The Morgan fingerprint density at radius 1 is 0.943 bits per heavy atom. The highest BCUT2D eigenvalue weighted by Crippen LogP contribution is 2.30. The van der Waals surface area contributed by atoms with Gasteiger partial charge in [0.05, 0.1) is 12.8 Å². The van der Waals surface area contributed by atoms with Gasteiger partial charge in [-0.15, -0.1) is 0 Å². The van der Waals surface area contributed by atoms with E-state index >= 15 is 0 Å². The molecule has 1 unspecified atom stereocenters. The van der Waals surface area contributed by atoms with Crippen LogP contribution in [0.25, 0.3) is 0 Å². The molecule has 1 aliphatic rings. The summed E-state index contributed by atoms with van der Waals surface area (Å²) < 4.78 is 5.13. The van der Waals surface area contributed by atoms with Crippen LogP contribution >= 0.6 is 0 Å². The summed E-state index contributed by atoms with van der Waals surface area (Å²) in [4.78, 5) is 41.2. The van der Waals surface area contributed by atoms with E-state index in [-0.39, 0.29) is 24.3 Å². The summed E-state index contributed by atoms with van der Waals surface area (Å²) in [5.41, 5.74) is 3.38. The Morgan fingerprint density at radius 3 is 2.17 bits per heavy atom. The lowest BCUT2D eigenvalue weighted by molar-refractivity contribution is -0.126. The monoisotopic (exact) mass is 473 g/mol. The minimum Gasteiger partial charge on any atom is -0.459 e. The molecule has 1 aromatic heterocycles. The molecule has 7 nitrogen and oxygen atoms in total. The molecule has 1 aliphatic carbocycles. The molecule has 35 heavy (non-hydrogen) atoms. The number of carbonyl (C=O) groups excluding carboxylic acids is 3. The fraction of sp³-hybridized carbons (Fsp3) is 0.321. The molecule has 0 saturated heterocycles. The van der Waals surface area contributed by atoms with Gasteiger partial charge in [-0.05, 0) is 56.5 Å². The normalized spacial score (nSPS) is 14.3. The van der Waals surface area contributed by atoms with E-state index in [4.69, 9.17) is 4.42 Å². The van der Waals surface area contributed by atoms with Gasteiger partial charge in [-0.25, -0.2) is 0 Å². The topological polar surface area (TPSA) is 91.7 Å². The molecule has 1 atom stereocenters. The number of hydrogen-bond acceptors (Lipinski definition) is 4. The molecule has 0 bridgehead atoms. The van der Waals surface area contributed by atoms with E-state index in [1.807, 2.05) is 62.4 Å². The number of aryl methyl sites for hydroxylation is 2. The molecular weight excluding hydrogens is 442 g/mol. The number of nitrogens with zero attached hydrogens (tertiary/aromatic N) is 1. The summed E-state index contributed by atoms with van der Waals surface area (Å²) in [6.45, 7) is 3.65. The third-order valence-corrected chi connectivity index (χ3v) is 6.33. The van der Waals surface area contributed by atoms with Crippen molar-refractivity contribution in [3.63, 3.8) is 0 Å². The number of hydrogen-bond donors (Lipinski definition) is 2. The summed E-state index contributed by atoms with van der Waals surface area (Å²) in [6, 6.07) is 17.4. The number of carbonyl (C=O) groups is 3. The molecular formula is C28H31N3O4. The summed E-state index contributed by atoms with van der Waals surface area (Å²) in [7, 11) is 0. The van der Waals surface area contributed by atoms with Gasteiger partial charge in [0.2, 0.25) is 11.8 Å². The maximum absolute atomic E-state index is 13.7. The molecule has 0 spiro atoms. The second-order valence-electron chi connectivity index (χ2n) is 9.06. The van der Waals surface area contributed by atoms with Crippen LogP contribution in [0.2, 0.25) is 0 Å². The van der Waals surface area contributed by atoms with E-state index in [0.717, 1.165) is 36.8 Å². The second-order valence-corrected chi connectivity index (χ2v) is 9.06. The van der Waals surface area contributed by atoms with E-state index in [1.165, 1.54) is 17.2 Å². The summed E-state index contributed by atoms with van der Waals surface area (Å²) in [5, 5.41) is 5.78. The summed E-state index contributed by atoms with van der Waals surface area (Å²) in [5.74, 6) is -1.00. The van der Waals surface area contributed by atoms with Crippen LogP contribution in [-0.2, 0) is 9.59 Å². The Kier molecular flexibility index (Phi) is 7.65. The first kappa shape index (κ1) is 24.3. The van der Waals surface area contributed by atoms with Gasteiger partial charge in [0.15, 0.2) is 5.76 Å². The smallest absolute Gasteiger partial charge is 0.287 e. The van der Waals surface area contributed by atoms with Crippen molar-refractivity contribution in [2.75, 3.05) is 11.4 Å². The Labute approximate surface area is 205 Å². The quantitative estimate of drug-likeness (QED) is 0.505. The number of amides is 3. The third-order valence-electron chi connectivity index (χ3n) is 6.33. The minimum absolute atomic E-state index is 0.101. The Hall–Kier alpha value is -3.87. The molecule has 1 heterocycles. The van der Waals surface area contributed by atoms with Gasteiger partial charge in [0.1, 0.15) is 6.04 Å². The van der Waals surface area contributed by atoms with Crippen LogP contribution in [0.1, 0.15) is 59.0 Å². The minimum atomic E-state index is -0.882. The van der Waals surface area contributed by atoms with Crippen LogP contribution in [0.4, 0.5) is 5.69 Å².